The molecule has 0 radical (unpaired) electrons. The number of halogens is 2. The molecule has 13 heavy (non-hydrogen) atoms. The van der Waals surface area contributed by atoms with Gasteiger partial charge in [-0.05, 0) is 13.8 Å². The molecule has 0 amide bonds. The molecular formula is C8H17F2NO2. The van der Waals surface area contributed by atoms with Gasteiger partial charge in [0.05, 0.1) is 6.54 Å². The Labute approximate surface area is 77.1 Å². The van der Waals surface area contributed by atoms with Gasteiger partial charge < -0.3 is 15.2 Å². The van der Waals surface area contributed by atoms with Crippen molar-refractivity contribution in [1.82, 2.24) is 5.32 Å². The maximum absolute atomic E-state index is 12.4. The highest BCUT2D eigenvalue weighted by atomic mass is 19.3. The van der Waals surface area contributed by atoms with E-state index in [2.05, 4.69) is 5.32 Å². The van der Waals surface area contributed by atoms with E-state index in [1.807, 2.05) is 6.79 Å². The molecule has 0 spiro atoms. The SMILES string of the molecule is C=O.CC1(C)CC(F)(F)CN1.CO. The third kappa shape index (κ3) is 6.60. The van der Waals surface area contributed by atoms with Crippen LogP contribution in [-0.4, -0.2) is 37.0 Å². The first-order valence-electron chi connectivity index (χ1n) is 3.78. The van der Waals surface area contributed by atoms with Crippen LogP contribution in [0.15, 0.2) is 0 Å². The van der Waals surface area contributed by atoms with Crippen LogP contribution in [0.2, 0.25) is 0 Å². The van der Waals surface area contributed by atoms with E-state index in [-0.39, 0.29) is 18.5 Å². The molecule has 0 unspecified atom stereocenters. The smallest absolute Gasteiger partial charge is 0.262 e. The summed E-state index contributed by atoms with van der Waals surface area (Å²) in [5.41, 5.74) is -0.372. The third-order valence-corrected chi connectivity index (χ3v) is 1.53. The monoisotopic (exact) mass is 197 g/mol. The minimum Gasteiger partial charge on any atom is -0.400 e. The molecular weight excluding hydrogens is 180 g/mol. The van der Waals surface area contributed by atoms with Crippen LogP contribution in [-0.2, 0) is 4.79 Å². The molecule has 3 nitrogen and oxygen atoms in total. The molecule has 0 aromatic carbocycles. The van der Waals surface area contributed by atoms with E-state index in [0.29, 0.717) is 0 Å². The molecule has 80 valence electrons. The second kappa shape index (κ2) is 5.99. The Morgan fingerprint density at radius 1 is 1.31 bits per heavy atom. The van der Waals surface area contributed by atoms with E-state index in [1.165, 1.54) is 0 Å². The largest absolute Gasteiger partial charge is 0.400 e. The molecule has 0 saturated carbocycles. The fourth-order valence-corrected chi connectivity index (χ4v) is 1.14. The van der Waals surface area contributed by atoms with Crippen LogP contribution in [0, 0.1) is 0 Å². The van der Waals surface area contributed by atoms with Gasteiger partial charge in [-0.3, -0.25) is 0 Å². The molecule has 0 aromatic heterocycles. The van der Waals surface area contributed by atoms with Crippen LogP contribution in [0.25, 0.3) is 0 Å². The van der Waals surface area contributed by atoms with Crippen molar-refractivity contribution in [2.75, 3.05) is 13.7 Å². The third-order valence-electron chi connectivity index (χ3n) is 1.53. The summed E-state index contributed by atoms with van der Waals surface area (Å²) in [7, 11) is 1.00. The lowest BCUT2D eigenvalue weighted by Crippen LogP contribution is -2.31. The minimum atomic E-state index is -2.48. The minimum absolute atomic E-state index is 0.0417. The summed E-state index contributed by atoms with van der Waals surface area (Å²) in [5, 5.41) is 9.74. The van der Waals surface area contributed by atoms with E-state index in [0.717, 1.165) is 7.11 Å². The van der Waals surface area contributed by atoms with Crippen molar-refractivity contribution in [1.29, 1.82) is 0 Å². The van der Waals surface area contributed by atoms with Crippen LogP contribution in [0.4, 0.5) is 8.78 Å². The van der Waals surface area contributed by atoms with Gasteiger partial charge in [0.25, 0.3) is 5.92 Å². The van der Waals surface area contributed by atoms with Gasteiger partial charge in [0, 0.05) is 19.1 Å². The van der Waals surface area contributed by atoms with Crippen molar-refractivity contribution in [2.24, 2.45) is 0 Å². The van der Waals surface area contributed by atoms with Crippen molar-refractivity contribution in [2.45, 2.75) is 31.7 Å². The lowest BCUT2D eigenvalue weighted by atomic mass is 10.0. The Morgan fingerprint density at radius 3 is 1.77 bits per heavy atom. The van der Waals surface area contributed by atoms with Crippen molar-refractivity contribution in [3.63, 3.8) is 0 Å². The Morgan fingerprint density at radius 2 is 1.69 bits per heavy atom. The Balaban J connectivity index is 0. The van der Waals surface area contributed by atoms with Gasteiger partial charge in [-0.15, -0.1) is 0 Å². The van der Waals surface area contributed by atoms with Crippen LogP contribution in [0.5, 0.6) is 0 Å². The van der Waals surface area contributed by atoms with Crippen LogP contribution >= 0.6 is 0 Å². The van der Waals surface area contributed by atoms with Crippen molar-refractivity contribution in [3.05, 3.63) is 0 Å². The Kier molecular flexibility index (Phi) is 6.89. The van der Waals surface area contributed by atoms with Gasteiger partial charge in [0.15, 0.2) is 0 Å². The van der Waals surface area contributed by atoms with E-state index in [9.17, 15) is 8.78 Å². The number of nitrogens with one attached hydrogen (secondary N) is 1. The number of hydrogen-bond donors (Lipinski definition) is 2. The summed E-state index contributed by atoms with van der Waals surface area (Å²) in [6, 6.07) is 0. The van der Waals surface area contributed by atoms with E-state index >= 15 is 0 Å². The predicted molar refractivity (Wildman–Crippen MR) is 46.9 cm³/mol. The Hall–Kier alpha value is -0.550. The number of carbonyl (C=O) groups excluding carboxylic acids is 1. The average molecular weight is 197 g/mol. The van der Waals surface area contributed by atoms with Gasteiger partial charge in [0.1, 0.15) is 6.79 Å². The Bertz CT molecular complexity index is 126. The summed E-state index contributed by atoms with van der Waals surface area (Å²) < 4.78 is 24.8. The van der Waals surface area contributed by atoms with Crippen molar-refractivity contribution >= 4 is 6.79 Å². The standard InChI is InChI=1S/C6H11F2N.CH4O.CH2O/c1-5(2)3-6(7,8)4-9-5;2*1-2/h9H,3-4H2,1-2H3;2H,1H3;1H2. The second-order valence-electron chi connectivity index (χ2n) is 3.27. The number of hydrogen-bond acceptors (Lipinski definition) is 3. The second-order valence-corrected chi connectivity index (χ2v) is 3.27. The maximum Gasteiger partial charge on any atom is 0.262 e. The summed E-state index contributed by atoms with van der Waals surface area (Å²) >= 11 is 0. The maximum atomic E-state index is 12.4. The fraction of sp³-hybridized carbons (Fsp3) is 0.875. The van der Waals surface area contributed by atoms with Gasteiger partial charge in [-0.25, -0.2) is 8.78 Å². The van der Waals surface area contributed by atoms with Gasteiger partial charge in [0.2, 0.25) is 0 Å². The molecule has 1 aliphatic rings. The average Bonchev–Trinajstić information content (AvgIpc) is 2.32. The molecule has 2 N–H and O–H groups in total. The van der Waals surface area contributed by atoms with Gasteiger partial charge in [-0.1, -0.05) is 0 Å². The first-order chi connectivity index (χ1) is 5.91. The molecule has 1 saturated heterocycles. The normalized spacial score (nSPS) is 22.0. The molecule has 5 heteroatoms. The van der Waals surface area contributed by atoms with Crippen molar-refractivity contribution < 1.29 is 18.7 Å². The van der Waals surface area contributed by atoms with Gasteiger partial charge >= 0.3 is 0 Å². The van der Waals surface area contributed by atoms with Gasteiger partial charge in [-0.2, -0.15) is 0 Å². The zero-order chi connectivity index (χ0) is 11.1. The zero-order valence-corrected chi connectivity index (χ0v) is 8.23. The molecule has 0 atom stereocenters. The lowest BCUT2D eigenvalue weighted by molar-refractivity contribution is -0.0980. The van der Waals surface area contributed by atoms with E-state index in [4.69, 9.17) is 9.90 Å². The van der Waals surface area contributed by atoms with Crippen LogP contribution in [0.3, 0.4) is 0 Å². The first kappa shape index (κ1) is 14.9. The molecule has 1 aliphatic heterocycles. The molecule has 0 aromatic rings. The van der Waals surface area contributed by atoms with Crippen molar-refractivity contribution in [3.8, 4) is 0 Å². The number of carbonyl (C=O) groups is 1. The molecule has 0 aliphatic carbocycles. The highest BCUT2D eigenvalue weighted by Gasteiger charge is 2.43. The summed E-state index contributed by atoms with van der Waals surface area (Å²) in [6.07, 6.45) is -0.0417. The number of rotatable bonds is 0. The highest BCUT2D eigenvalue weighted by Crippen LogP contribution is 2.31. The summed E-state index contributed by atoms with van der Waals surface area (Å²) in [5.74, 6) is -2.48. The summed E-state index contributed by atoms with van der Waals surface area (Å²) in [6.45, 7) is 5.40. The highest BCUT2D eigenvalue weighted by molar-refractivity contribution is 5.11. The number of alkyl halides is 2. The number of aliphatic hydroxyl groups is 1. The fourth-order valence-electron chi connectivity index (χ4n) is 1.14. The molecule has 1 fully saturated rings. The van der Waals surface area contributed by atoms with Crippen LogP contribution in [0.1, 0.15) is 20.3 Å². The topological polar surface area (TPSA) is 49.3 Å². The van der Waals surface area contributed by atoms with Crippen LogP contribution < -0.4 is 5.32 Å². The van der Waals surface area contributed by atoms with E-state index < -0.39 is 5.92 Å². The molecule has 1 rings (SSSR count). The summed E-state index contributed by atoms with van der Waals surface area (Å²) in [4.78, 5) is 8.00. The van der Waals surface area contributed by atoms with E-state index in [1.54, 1.807) is 13.8 Å². The molecule has 1 heterocycles. The quantitative estimate of drug-likeness (QED) is 0.604. The zero-order valence-electron chi connectivity index (χ0n) is 8.23. The number of aliphatic hydroxyl groups excluding tert-OH is 1. The predicted octanol–water partition coefficient (Wildman–Crippen LogP) is 0.817. The first-order valence-corrected chi connectivity index (χ1v) is 3.78. The lowest BCUT2D eigenvalue weighted by Gasteiger charge is -2.15. The molecule has 0 bridgehead atoms.